The predicted octanol–water partition coefficient (Wildman–Crippen LogP) is 1.59. The average Bonchev–Trinajstić information content (AvgIpc) is 2.87. The van der Waals surface area contributed by atoms with Gasteiger partial charge in [0.1, 0.15) is 0 Å². The highest BCUT2D eigenvalue weighted by Crippen LogP contribution is 2.35. The van der Waals surface area contributed by atoms with Crippen molar-refractivity contribution in [2.24, 2.45) is 0 Å². The standard InChI is InChI=1S/C26H33N7O3/c1-2-9-32-16-25(35)33(22-14-18(27)3-5-21(22)32)13-12-31-10-7-19(8-11-31)28-15-20-4-6-23-26(29-20)30-24(34)17-36-23/h2-6,14,19,28H,1,7-13,15-17,27H2,(H,29,30,34). The van der Waals surface area contributed by atoms with Crippen molar-refractivity contribution >= 4 is 34.7 Å². The van der Waals surface area contributed by atoms with Crippen LogP contribution in [0.1, 0.15) is 18.5 Å². The highest BCUT2D eigenvalue weighted by atomic mass is 16.5. The molecule has 3 aliphatic rings. The number of nitrogens with one attached hydrogen (secondary N) is 2. The fourth-order valence-corrected chi connectivity index (χ4v) is 5.01. The minimum absolute atomic E-state index is 0.0328. The van der Waals surface area contributed by atoms with E-state index in [4.69, 9.17) is 10.5 Å². The van der Waals surface area contributed by atoms with Crippen LogP contribution in [0.2, 0.25) is 0 Å². The van der Waals surface area contributed by atoms with E-state index >= 15 is 0 Å². The number of amides is 2. The Balaban J connectivity index is 1.11. The van der Waals surface area contributed by atoms with Crippen LogP contribution in [0.5, 0.6) is 5.75 Å². The molecule has 10 nitrogen and oxygen atoms in total. The Bertz CT molecular complexity index is 1150. The minimum Gasteiger partial charge on any atom is -0.480 e. The van der Waals surface area contributed by atoms with Gasteiger partial charge in [-0.2, -0.15) is 0 Å². The van der Waals surface area contributed by atoms with E-state index in [2.05, 4.69) is 27.1 Å². The number of carbonyl (C=O) groups is 2. The van der Waals surface area contributed by atoms with E-state index in [-0.39, 0.29) is 18.4 Å². The first-order chi connectivity index (χ1) is 17.5. The van der Waals surface area contributed by atoms with Crippen molar-refractivity contribution in [1.82, 2.24) is 15.2 Å². The Labute approximate surface area is 211 Å². The maximum Gasteiger partial charge on any atom is 0.263 e. The third kappa shape index (κ3) is 5.29. The summed E-state index contributed by atoms with van der Waals surface area (Å²) in [5, 5.41) is 6.35. The molecule has 0 atom stereocenters. The van der Waals surface area contributed by atoms with Crippen LogP contribution in [0.15, 0.2) is 43.0 Å². The largest absolute Gasteiger partial charge is 0.480 e. The third-order valence-corrected chi connectivity index (χ3v) is 6.94. The second kappa shape index (κ2) is 10.5. The molecule has 10 heteroatoms. The van der Waals surface area contributed by atoms with Crippen molar-refractivity contribution < 1.29 is 14.3 Å². The van der Waals surface area contributed by atoms with Gasteiger partial charge in [0.25, 0.3) is 5.91 Å². The number of anilines is 4. The second-order valence-electron chi connectivity index (χ2n) is 9.45. The summed E-state index contributed by atoms with van der Waals surface area (Å²) in [7, 11) is 0. The SMILES string of the molecule is C=CCN1CC(=O)N(CCN2CCC(NCc3ccc4c(n3)NC(=O)CO4)CC2)c2cc(N)ccc21. The first-order valence-electron chi connectivity index (χ1n) is 12.4. The van der Waals surface area contributed by atoms with Gasteiger partial charge >= 0.3 is 0 Å². The lowest BCUT2D eigenvalue weighted by molar-refractivity contribution is -0.119. The molecule has 4 heterocycles. The summed E-state index contributed by atoms with van der Waals surface area (Å²) in [6.07, 6.45) is 3.86. The van der Waals surface area contributed by atoms with Crippen LogP contribution < -0.4 is 30.9 Å². The molecule has 2 amide bonds. The molecule has 0 radical (unpaired) electrons. The number of ether oxygens (including phenoxy) is 1. The lowest BCUT2D eigenvalue weighted by Crippen LogP contribution is -2.50. The highest BCUT2D eigenvalue weighted by Gasteiger charge is 2.29. The maximum atomic E-state index is 12.9. The van der Waals surface area contributed by atoms with Gasteiger partial charge in [-0.25, -0.2) is 4.98 Å². The molecule has 0 unspecified atom stereocenters. The molecule has 0 bridgehead atoms. The zero-order chi connectivity index (χ0) is 25.1. The van der Waals surface area contributed by atoms with E-state index in [0.717, 1.165) is 49.5 Å². The number of carbonyl (C=O) groups excluding carboxylic acids is 2. The molecule has 36 heavy (non-hydrogen) atoms. The quantitative estimate of drug-likeness (QED) is 0.377. The molecule has 0 saturated carbocycles. The molecule has 2 aromatic rings. The van der Waals surface area contributed by atoms with Crippen molar-refractivity contribution in [3.63, 3.8) is 0 Å². The Morgan fingerprint density at radius 3 is 2.81 bits per heavy atom. The summed E-state index contributed by atoms with van der Waals surface area (Å²) in [6.45, 7) is 8.85. The van der Waals surface area contributed by atoms with Crippen LogP contribution in [0.25, 0.3) is 0 Å². The van der Waals surface area contributed by atoms with Crippen LogP contribution >= 0.6 is 0 Å². The van der Waals surface area contributed by atoms with Crippen molar-refractivity contribution in [2.45, 2.75) is 25.4 Å². The number of nitrogens with two attached hydrogens (primary N) is 1. The normalized spacial score (nSPS) is 18.3. The van der Waals surface area contributed by atoms with Crippen LogP contribution in [0.4, 0.5) is 22.9 Å². The van der Waals surface area contributed by atoms with E-state index in [9.17, 15) is 9.59 Å². The van der Waals surface area contributed by atoms with Gasteiger partial charge in [0.15, 0.2) is 18.2 Å². The number of fused-ring (bicyclic) bond motifs is 2. The zero-order valence-electron chi connectivity index (χ0n) is 20.4. The predicted molar refractivity (Wildman–Crippen MR) is 140 cm³/mol. The molecule has 1 aromatic carbocycles. The minimum atomic E-state index is -0.181. The Morgan fingerprint density at radius 2 is 2.00 bits per heavy atom. The number of aromatic nitrogens is 1. The molecular weight excluding hydrogens is 458 g/mol. The molecule has 0 spiro atoms. The van der Waals surface area contributed by atoms with Gasteiger partial charge in [0.2, 0.25) is 5.91 Å². The molecule has 4 N–H and O–H groups in total. The smallest absolute Gasteiger partial charge is 0.263 e. The van der Waals surface area contributed by atoms with Gasteiger partial charge in [-0.15, -0.1) is 6.58 Å². The molecule has 0 aliphatic carbocycles. The summed E-state index contributed by atoms with van der Waals surface area (Å²) >= 11 is 0. The van der Waals surface area contributed by atoms with Gasteiger partial charge in [-0.05, 0) is 56.3 Å². The zero-order valence-corrected chi connectivity index (χ0v) is 20.4. The van der Waals surface area contributed by atoms with Gasteiger partial charge < -0.3 is 35.8 Å². The fourth-order valence-electron chi connectivity index (χ4n) is 5.01. The van der Waals surface area contributed by atoms with Crippen molar-refractivity contribution in [3.05, 3.63) is 48.7 Å². The molecule has 1 aromatic heterocycles. The number of pyridine rings is 1. The van der Waals surface area contributed by atoms with E-state index in [1.165, 1.54) is 0 Å². The van der Waals surface area contributed by atoms with E-state index in [1.807, 2.05) is 46.2 Å². The topological polar surface area (TPSA) is 116 Å². The highest BCUT2D eigenvalue weighted by molar-refractivity contribution is 6.03. The Morgan fingerprint density at radius 1 is 1.17 bits per heavy atom. The number of likely N-dealkylation sites (tertiary alicyclic amines) is 1. The lowest BCUT2D eigenvalue weighted by Gasteiger charge is -2.39. The second-order valence-corrected chi connectivity index (χ2v) is 9.45. The van der Waals surface area contributed by atoms with Crippen LogP contribution in [-0.2, 0) is 16.1 Å². The number of rotatable bonds is 8. The van der Waals surface area contributed by atoms with Gasteiger partial charge in [-0.3, -0.25) is 9.59 Å². The summed E-state index contributed by atoms with van der Waals surface area (Å²) in [4.78, 5) is 35.3. The number of hydrogen-bond donors (Lipinski definition) is 3. The summed E-state index contributed by atoms with van der Waals surface area (Å²) in [5.41, 5.74) is 9.47. The summed E-state index contributed by atoms with van der Waals surface area (Å²) in [5.74, 6) is 1.01. The van der Waals surface area contributed by atoms with Crippen molar-refractivity contribution in [2.75, 3.05) is 66.7 Å². The Hall–Kier alpha value is -3.63. The Kier molecular flexibility index (Phi) is 7.06. The van der Waals surface area contributed by atoms with Crippen LogP contribution in [0.3, 0.4) is 0 Å². The number of piperidine rings is 1. The molecule has 190 valence electrons. The van der Waals surface area contributed by atoms with E-state index < -0.39 is 0 Å². The van der Waals surface area contributed by atoms with E-state index in [0.29, 0.717) is 49.5 Å². The lowest BCUT2D eigenvalue weighted by atomic mass is 10.0. The van der Waals surface area contributed by atoms with Gasteiger partial charge in [0, 0.05) is 37.9 Å². The number of benzene rings is 1. The first-order valence-corrected chi connectivity index (χ1v) is 12.4. The summed E-state index contributed by atoms with van der Waals surface area (Å²) in [6, 6.07) is 9.94. The number of hydrogen-bond acceptors (Lipinski definition) is 8. The van der Waals surface area contributed by atoms with Crippen molar-refractivity contribution in [1.29, 1.82) is 0 Å². The number of nitrogens with zero attached hydrogens (tertiary/aromatic N) is 4. The van der Waals surface area contributed by atoms with Crippen LogP contribution in [0, 0.1) is 0 Å². The summed E-state index contributed by atoms with van der Waals surface area (Å²) < 4.78 is 5.37. The maximum absolute atomic E-state index is 12.9. The molecule has 1 saturated heterocycles. The van der Waals surface area contributed by atoms with Gasteiger partial charge in [0.05, 0.1) is 23.6 Å². The first kappa shape index (κ1) is 24.1. The average molecular weight is 492 g/mol. The molecular formula is C26H33N7O3. The van der Waals surface area contributed by atoms with E-state index in [1.54, 1.807) is 0 Å². The molecule has 3 aliphatic heterocycles. The van der Waals surface area contributed by atoms with Crippen molar-refractivity contribution in [3.8, 4) is 5.75 Å². The molecule has 5 rings (SSSR count). The third-order valence-electron chi connectivity index (χ3n) is 6.94. The fraction of sp³-hybridized carbons (Fsp3) is 0.423. The molecule has 1 fully saturated rings. The number of nitrogen functional groups attached to an aromatic ring is 1. The van der Waals surface area contributed by atoms with Crippen LogP contribution in [-0.4, -0.2) is 73.6 Å². The van der Waals surface area contributed by atoms with Gasteiger partial charge in [-0.1, -0.05) is 6.08 Å². The monoisotopic (exact) mass is 491 g/mol.